The van der Waals surface area contributed by atoms with E-state index in [9.17, 15) is 4.79 Å². The van der Waals surface area contributed by atoms with Crippen LogP contribution in [0.15, 0.2) is 6.20 Å². The van der Waals surface area contributed by atoms with Gasteiger partial charge in [0.05, 0.1) is 18.1 Å². The van der Waals surface area contributed by atoms with E-state index in [2.05, 4.69) is 0 Å². The maximum Gasteiger partial charge on any atom is 0.309 e. The fraction of sp³-hybridized carbons (Fsp3) is 0.444. The van der Waals surface area contributed by atoms with E-state index in [-0.39, 0.29) is 13.0 Å². The van der Waals surface area contributed by atoms with E-state index in [1.54, 1.807) is 17.7 Å². The van der Waals surface area contributed by atoms with Crippen molar-refractivity contribution in [3.8, 4) is 0 Å². The van der Waals surface area contributed by atoms with Gasteiger partial charge >= 0.3 is 5.97 Å². The molecule has 4 nitrogen and oxygen atoms in total. The maximum atomic E-state index is 10.6. The van der Waals surface area contributed by atoms with Crippen LogP contribution < -0.4 is 0 Å². The third-order valence-corrected chi connectivity index (χ3v) is 2.45. The molecule has 0 amide bonds. The third-order valence-electron chi connectivity index (χ3n) is 2.07. The van der Waals surface area contributed by atoms with Crippen LogP contribution in [-0.4, -0.2) is 27.4 Å². The van der Waals surface area contributed by atoms with Crippen molar-refractivity contribution in [1.29, 1.82) is 0 Å². The van der Waals surface area contributed by atoms with Gasteiger partial charge in [0.15, 0.2) is 0 Å². The smallest absolute Gasteiger partial charge is 0.309 e. The van der Waals surface area contributed by atoms with E-state index in [4.69, 9.17) is 21.8 Å². The average molecular weight is 218 g/mol. The Morgan fingerprint density at radius 2 is 2.29 bits per heavy atom. The molecule has 0 aliphatic rings. The normalized spacial score (nSPS) is 10.5. The number of aliphatic hydroxyl groups excluding tert-OH is 1. The van der Waals surface area contributed by atoms with Crippen molar-refractivity contribution in [3.05, 3.63) is 22.5 Å². The van der Waals surface area contributed by atoms with Gasteiger partial charge in [0.1, 0.15) is 0 Å². The van der Waals surface area contributed by atoms with E-state index < -0.39 is 5.97 Å². The van der Waals surface area contributed by atoms with Gasteiger partial charge in [0, 0.05) is 18.4 Å². The van der Waals surface area contributed by atoms with Gasteiger partial charge in [0.2, 0.25) is 0 Å². The Bertz CT molecular complexity index is 346. The molecule has 0 aliphatic heterocycles. The summed E-state index contributed by atoms with van der Waals surface area (Å²) in [6, 6.07) is 0. The van der Waals surface area contributed by atoms with Gasteiger partial charge in [-0.15, -0.1) is 0 Å². The van der Waals surface area contributed by atoms with Crippen LogP contribution in [0.2, 0.25) is 5.02 Å². The zero-order chi connectivity index (χ0) is 10.7. The summed E-state index contributed by atoms with van der Waals surface area (Å²) in [5, 5.41) is 18.0. The molecule has 0 fully saturated rings. The lowest BCUT2D eigenvalue weighted by Crippen LogP contribution is -2.10. The highest BCUT2D eigenvalue weighted by atomic mass is 35.5. The minimum atomic E-state index is -0.901. The fourth-order valence-corrected chi connectivity index (χ4v) is 1.58. The molecule has 0 spiro atoms. The predicted octanol–water partition coefficient (Wildman–Crippen LogP) is 1.07. The zero-order valence-corrected chi connectivity index (χ0v) is 8.58. The minimum Gasteiger partial charge on any atom is -0.481 e. The van der Waals surface area contributed by atoms with Crippen LogP contribution in [0.4, 0.5) is 0 Å². The van der Waals surface area contributed by atoms with Crippen molar-refractivity contribution in [2.24, 2.45) is 0 Å². The number of carboxylic acids is 1. The first-order chi connectivity index (χ1) is 6.56. The number of nitrogens with zero attached hydrogens (tertiary/aromatic N) is 1. The number of aliphatic hydroxyl groups is 1. The predicted molar refractivity (Wildman–Crippen MR) is 52.6 cm³/mol. The summed E-state index contributed by atoms with van der Waals surface area (Å²) < 4.78 is 1.67. The molecule has 1 aromatic heterocycles. The Hall–Kier alpha value is -1.00. The highest BCUT2D eigenvalue weighted by Gasteiger charge is 2.13. The highest BCUT2D eigenvalue weighted by Crippen LogP contribution is 2.21. The topological polar surface area (TPSA) is 62.5 Å². The molecule has 0 atom stereocenters. The molecule has 14 heavy (non-hydrogen) atoms. The van der Waals surface area contributed by atoms with Gasteiger partial charge in [-0.1, -0.05) is 11.6 Å². The lowest BCUT2D eigenvalue weighted by Gasteiger charge is -2.05. The molecule has 0 saturated heterocycles. The Balaban J connectivity index is 3.02. The quantitative estimate of drug-likeness (QED) is 0.793. The number of carbonyl (C=O) groups is 1. The van der Waals surface area contributed by atoms with Gasteiger partial charge in [-0.2, -0.15) is 0 Å². The summed E-state index contributed by atoms with van der Waals surface area (Å²) in [7, 11) is 0. The summed E-state index contributed by atoms with van der Waals surface area (Å²) in [5.74, 6) is -0.901. The summed E-state index contributed by atoms with van der Waals surface area (Å²) in [6.45, 7) is 2.11. The molecule has 0 saturated carbocycles. The second kappa shape index (κ2) is 4.48. The lowest BCUT2D eigenvalue weighted by atomic mass is 10.2. The van der Waals surface area contributed by atoms with E-state index in [0.717, 1.165) is 5.56 Å². The van der Waals surface area contributed by atoms with Crippen LogP contribution in [0, 0.1) is 6.92 Å². The van der Waals surface area contributed by atoms with Gasteiger partial charge in [-0.05, 0) is 12.5 Å². The van der Waals surface area contributed by atoms with Crippen LogP contribution in [0.3, 0.4) is 0 Å². The van der Waals surface area contributed by atoms with Crippen molar-refractivity contribution >= 4 is 17.6 Å². The second-order valence-electron chi connectivity index (χ2n) is 3.04. The standard InChI is InChI=1S/C9H12ClNO3/c1-6-7(10)5-11(2-3-12)8(6)4-9(13)14/h5,12H,2-4H2,1H3,(H,13,14). The molecule has 78 valence electrons. The van der Waals surface area contributed by atoms with Crippen LogP contribution in [0.1, 0.15) is 11.3 Å². The third kappa shape index (κ3) is 2.27. The number of aliphatic carboxylic acids is 1. The van der Waals surface area contributed by atoms with Crippen molar-refractivity contribution in [3.63, 3.8) is 0 Å². The Morgan fingerprint density at radius 3 is 2.79 bits per heavy atom. The number of carboxylic acid groups (broad SMARTS) is 1. The SMILES string of the molecule is Cc1c(Cl)cn(CCO)c1CC(=O)O. The Labute approximate surface area is 86.7 Å². The van der Waals surface area contributed by atoms with Crippen molar-refractivity contribution in [2.75, 3.05) is 6.61 Å². The van der Waals surface area contributed by atoms with Gasteiger partial charge < -0.3 is 14.8 Å². The molecule has 0 unspecified atom stereocenters. The first-order valence-electron chi connectivity index (χ1n) is 4.23. The maximum absolute atomic E-state index is 10.6. The summed E-state index contributed by atoms with van der Waals surface area (Å²) >= 11 is 5.86. The number of rotatable bonds is 4. The molecular weight excluding hydrogens is 206 g/mol. The Kier molecular flexibility index (Phi) is 3.55. The van der Waals surface area contributed by atoms with Crippen LogP contribution in [-0.2, 0) is 17.8 Å². The van der Waals surface area contributed by atoms with E-state index in [1.165, 1.54) is 0 Å². The molecule has 0 radical (unpaired) electrons. The molecule has 1 rings (SSSR count). The molecule has 1 aromatic rings. The van der Waals surface area contributed by atoms with E-state index >= 15 is 0 Å². The largest absolute Gasteiger partial charge is 0.481 e. The molecule has 5 heteroatoms. The number of aromatic nitrogens is 1. The van der Waals surface area contributed by atoms with Crippen LogP contribution >= 0.6 is 11.6 Å². The molecule has 0 aliphatic carbocycles. The summed E-state index contributed by atoms with van der Waals surface area (Å²) in [6.07, 6.45) is 1.57. The van der Waals surface area contributed by atoms with E-state index in [1.807, 2.05) is 0 Å². The molecular formula is C9H12ClNO3. The molecule has 0 aromatic carbocycles. The first kappa shape index (κ1) is 11.1. The number of hydrogen-bond acceptors (Lipinski definition) is 2. The van der Waals surface area contributed by atoms with Gasteiger partial charge in [-0.25, -0.2) is 0 Å². The average Bonchev–Trinajstić information content (AvgIpc) is 2.33. The fourth-order valence-electron chi connectivity index (χ4n) is 1.35. The zero-order valence-electron chi connectivity index (χ0n) is 7.83. The molecule has 0 bridgehead atoms. The first-order valence-corrected chi connectivity index (χ1v) is 4.60. The monoisotopic (exact) mass is 217 g/mol. The van der Waals surface area contributed by atoms with Gasteiger partial charge in [-0.3, -0.25) is 4.79 Å². The molecule has 1 heterocycles. The van der Waals surface area contributed by atoms with Gasteiger partial charge in [0.25, 0.3) is 0 Å². The van der Waals surface area contributed by atoms with Crippen molar-refractivity contribution < 1.29 is 15.0 Å². The number of halogens is 1. The summed E-state index contributed by atoms with van der Waals surface area (Å²) in [5.41, 5.74) is 1.42. The Morgan fingerprint density at radius 1 is 1.64 bits per heavy atom. The minimum absolute atomic E-state index is 0.0307. The van der Waals surface area contributed by atoms with Crippen molar-refractivity contribution in [2.45, 2.75) is 19.9 Å². The lowest BCUT2D eigenvalue weighted by molar-refractivity contribution is -0.136. The van der Waals surface area contributed by atoms with Crippen LogP contribution in [0.5, 0.6) is 0 Å². The number of hydrogen-bond donors (Lipinski definition) is 2. The van der Waals surface area contributed by atoms with E-state index in [0.29, 0.717) is 17.3 Å². The van der Waals surface area contributed by atoms with Crippen LogP contribution in [0.25, 0.3) is 0 Å². The van der Waals surface area contributed by atoms with Crippen molar-refractivity contribution in [1.82, 2.24) is 4.57 Å². The second-order valence-corrected chi connectivity index (χ2v) is 3.44. The highest BCUT2D eigenvalue weighted by molar-refractivity contribution is 6.31. The summed E-state index contributed by atoms with van der Waals surface area (Å²) in [4.78, 5) is 10.6. The molecule has 2 N–H and O–H groups in total.